The van der Waals surface area contributed by atoms with Crippen LogP contribution in [-0.4, -0.2) is 20.0 Å². The van der Waals surface area contributed by atoms with Gasteiger partial charge in [-0.3, -0.25) is 4.79 Å². The Morgan fingerprint density at radius 3 is 2.65 bits per heavy atom. The first-order chi connectivity index (χ1) is 9.69. The van der Waals surface area contributed by atoms with Gasteiger partial charge in [0, 0.05) is 0 Å². The molecule has 0 bridgehead atoms. The highest BCUT2D eigenvalue weighted by atomic mass is 79.9. The zero-order valence-corrected chi connectivity index (χ0v) is 13.5. The van der Waals surface area contributed by atoms with E-state index in [4.69, 9.17) is 9.47 Å². The zero-order valence-electron chi connectivity index (χ0n) is 11.9. The molecule has 0 heterocycles. The summed E-state index contributed by atoms with van der Waals surface area (Å²) in [6.45, 7) is 0. The van der Waals surface area contributed by atoms with Crippen LogP contribution < -0.4 is 9.47 Å². The third-order valence-corrected chi connectivity index (χ3v) is 4.31. The van der Waals surface area contributed by atoms with Crippen LogP contribution in [0.25, 0.3) is 0 Å². The quantitative estimate of drug-likeness (QED) is 0.756. The van der Waals surface area contributed by atoms with Crippen LogP contribution in [0.1, 0.15) is 42.5 Å². The van der Waals surface area contributed by atoms with Crippen molar-refractivity contribution in [3.8, 4) is 11.5 Å². The highest BCUT2D eigenvalue weighted by molar-refractivity contribution is 9.10. The van der Waals surface area contributed by atoms with E-state index in [2.05, 4.69) is 22.0 Å². The lowest BCUT2D eigenvalue weighted by Gasteiger charge is -2.13. The van der Waals surface area contributed by atoms with Gasteiger partial charge in [-0.2, -0.15) is 0 Å². The Hall–Kier alpha value is -1.29. The van der Waals surface area contributed by atoms with Gasteiger partial charge in [0.2, 0.25) is 0 Å². The predicted molar refractivity (Wildman–Crippen MR) is 82.7 cm³/mol. The topological polar surface area (TPSA) is 35.5 Å². The minimum absolute atomic E-state index is 0.0621. The van der Waals surface area contributed by atoms with Gasteiger partial charge in [-0.25, -0.2) is 0 Å². The highest BCUT2D eigenvalue weighted by Gasteiger charge is 2.21. The maximum atomic E-state index is 12.7. The van der Waals surface area contributed by atoms with Gasteiger partial charge in [0.05, 0.1) is 19.8 Å². The lowest BCUT2D eigenvalue weighted by molar-refractivity contribution is 0.102. The summed E-state index contributed by atoms with van der Waals surface area (Å²) in [5, 5.41) is 0. The van der Waals surface area contributed by atoms with Gasteiger partial charge in [-0.05, 0) is 59.3 Å². The Bertz CT molecular complexity index is 535. The normalized spacial score (nSPS) is 15.2. The Labute approximate surface area is 128 Å². The van der Waals surface area contributed by atoms with Gasteiger partial charge in [0.25, 0.3) is 0 Å². The average molecular weight is 339 g/mol. The van der Waals surface area contributed by atoms with Crippen LogP contribution in [0.2, 0.25) is 0 Å². The van der Waals surface area contributed by atoms with Crippen molar-refractivity contribution in [2.45, 2.75) is 32.1 Å². The van der Waals surface area contributed by atoms with E-state index in [9.17, 15) is 4.79 Å². The van der Waals surface area contributed by atoms with Gasteiger partial charge in [0.1, 0.15) is 16.0 Å². The maximum Gasteiger partial charge on any atom is 0.192 e. The Morgan fingerprint density at radius 2 is 1.95 bits per heavy atom. The Kier molecular flexibility index (Phi) is 5.24. The fourth-order valence-electron chi connectivity index (χ4n) is 2.47. The number of halogens is 1. The number of carbonyl (C=O) groups excluding carboxylic acids is 1. The van der Waals surface area contributed by atoms with Crippen molar-refractivity contribution in [2.24, 2.45) is 0 Å². The molecule has 0 radical (unpaired) electrons. The second-order valence-electron chi connectivity index (χ2n) is 4.82. The van der Waals surface area contributed by atoms with Crippen molar-refractivity contribution in [3.63, 3.8) is 0 Å². The number of rotatable bonds is 4. The number of ketones is 1. The summed E-state index contributed by atoms with van der Waals surface area (Å²) in [6, 6.07) is 3.56. The lowest BCUT2D eigenvalue weighted by atomic mass is 9.98. The molecule has 0 aliphatic heterocycles. The molecule has 0 fully saturated rings. The van der Waals surface area contributed by atoms with Crippen molar-refractivity contribution in [1.82, 2.24) is 0 Å². The number of benzene rings is 1. The van der Waals surface area contributed by atoms with E-state index in [0.29, 0.717) is 21.5 Å². The standard InChI is InChI=1S/C16H19BrO3/c1-19-13-10-9-12(16(20-2)14(13)17)15(18)11-7-5-3-4-6-8-11/h7,9-10H,3-6,8H2,1-2H3. The van der Waals surface area contributed by atoms with E-state index in [0.717, 1.165) is 24.8 Å². The first-order valence-electron chi connectivity index (χ1n) is 6.83. The summed E-state index contributed by atoms with van der Waals surface area (Å²) in [5.41, 5.74) is 1.49. The first kappa shape index (κ1) is 15.1. The smallest absolute Gasteiger partial charge is 0.192 e. The second-order valence-corrected chi connectivity index (χ2v) is 5.61. The van der Waals surface area contributed by atoms with Crippen molar-refractivity contribution in [1.29, 1.82) is 0 Å². The highest BCUT2D eigenvalue weighted by Crippen LogP contribution is 2.38. The molecular weight excluding hydrogens is 320 g/mol. The van der Waals surface area contributed by atoms with Crippen molar-refractivity contribution in [2.75, 3.05) is 14.2 Å². The van der Waals surface area contributed by atoms with E-state index in [-0.39, 0.29) is 5.78 Å². The molecule has 108 valence electrons. The van der Waals surface area contributed by atoms with E-state index in [1.54, 1.807) is 26.4 Å². The molecule has 0 spiro atoms. The molecule has 0 amide bonds. The summed E-state index contributed by atoms with van der Waals surface area (Å²) in [6.07, 6.45) is 7.35. The van der Waals surface area contributed by atoms with Crippen molar-refractivity contribution >= 4 is 21.7 Å². The van der Waals surface area contributed by atoms with E-state index in [1.165, 1.54) is 12.8 Å². The molecule has 0 N–H and O–H groups in total. The fourth-order valence-corrected chi connectivity index (χ4v) is 3.14. The summed E-state index contributed by atoms with van der Waals surface area (Å²) in [5.74, 6) is 1.26. The summed E-state index contributed by atoms with van der Waals surface area (Å²) >= 11 is 3.44. The van der Waals surface area contributed by atoms with Gasteiger partial charge >= 0.3 is 0 Å². The zero-order chi connectivity index (χ0) is 14.5. The van der Waals surface area contributed by atoms with E-state index >= 15 is 0 Å². The van der Waals surface area contributed by atoms with Gasteiger partial charge < -0.3 is 9.47 Å². The summed E-state index contributed by atoms with van der Waals surface area (Å²) in [4.78, 5) is 12.7. The van der Waals surface area contributed by atoms with Crippen LogP contribution in [0, 0.1) is 0 Å². The number of hydrogen-bond donors (Lipinski definition) is 0. The number of carbonyl (C=O) groups is 1. The number of methoxy groups -OCH3 is 2. The number of allylic oxidation sites excluding steroid dienone is 2. The largest absolute Gasteiger partial charge is 0.495 e. The third kappa shape index (κ3) is 3.06. The molecule has 1 aliphatic carbocycles. The summed E-state index contributed by atoms with van der Waals surface area (Å²) < 4.78 is 11.3. The van der Waals surface area contributed by atoms with E-state index in [1.807, 2.05) is 0 Å². The molecule has 3 nitrogen and oxygen atoms in total. The molecule has 4 heteroatoms. The third-order valence-electron chi connectivity index (χ3n) is 3.56. The number of Topliss-reactive ketones (excluding diaryl/α,β-unsaturated/α-hetero) is 1. The molecule has 0 aromatic heterocycles. The minimum Gasteiger partial charge on any atom is -0.495 e. The van der Waals surface area contributed by atoms with Gasteiger partial charge in [0.15, 0.2) is 5.78 Å². The average Bonchev–Trinajstić information content (AvgIpc) is 2.75. The first-order valence-corrected chi connectivity index (χ1v) is 7.62. The van der Waals surface area contributed by atoms with E-state index < -0.39 is 0 Å². The second kappa shape index (κ2) is 6.93. The number of hydrogen-bond acceptors (Lipinski definition) is 3. The molecule has 20 heavy (non-hydrogen) atoms. The minimum atomic E-state index is 0.0621. The maximum absolute atomic E-state index is 12.7. The molecule has 1 aromatic rings. The van der Waals surface area contributed by atoms with Crippen LogP contribution in [-0.2, 0) is 0 Å². The summed E-state index contributed by atoms with van der Waals surface area (Å²) in [7, 11) is 3.16. The van der Waals surface area contributed by atoms with Crippen molar-refractivity contribution in [3.05, 3.63) is 33.8 Å². The molecule has 0 unspecified atom stereocenters. The predicted octanol–water partition coefficient (Wildman–Crippen LogP) is 4.54. The van der Waals surface area contributed by atoms with Crippen LogP contribution in [0.5, 0.6) is 11.5 Å². The van der Waals surface area contributed by atoms with Crippen molar-refractivity contribution < 1.29 is 14.3 Å². The Morgan fingerprint density at radius 1 is 1.15 bits per heavy atom. The molecular formula is C16H19BrO3. The molecule has 0 atom stereocenters. The fraction of sp³-hybridized carbons (Fsp3) is 0.438. The van der Waals surface area contributed by atoms with Crippen LogP contribution in [0.4, 0.5) is 0 Å². The molecule has 0 saturated carbocycles. The van der Waals surface area contributed by atoms with Gasteiger partial charge in [-0.1, -0.05) is 12.5 Å². The van der Waals surface area contributed by atoms with Crippen LogP contribution >= 0.6 is 15.9 Å². The molecule has 1 aliphatic rings. The van der Waals surface area contributed by atoms with Crippen LogP contribution in [0.15, 0.2) is 28.3 Å². The van der Waals surface area contributed by atoms with Crippen LogP contribution in [0.3, 0.4) is 0 Å². The molecule has 0 saturated heterocycles. The Balaban J connectivity index is 2.39. The molecule has 2 rings (SSSR count). The lowest BCUT2D eigenvalue weighted by Crippen LogP contribution is -2.06. The SMILES string of the molecule is COc1ccc(C(=O)C2=CCCCCC2)c(OC)c1Br. The monoisotopic (exact) mass is 338 g/mol. The molecule has 1 aromatic carbocycles. The van der Waals surface area contributed by atoms with Gasteiger partial charge in [-0.15, -0.1) is 0 Å². The number of ether oxygens (including phenoxy) is 2.